The van der Waals surface area contributed by atoms with E-state index in [1.54, 1.807) is 0 Å². The van der Waals surface area contributed by atoms with Crippen LogP contribution in [0.15, 0.2) is 59.7 Å². The number of rotatable bonds is 6. The van der Waals surface area contributed by atoms with Crippen LogP contribution >= 0.6 is 0 Å². The molecule has 2 aromatic carbocycles. The standard InChI is InChI=1S/C17H16FN3O2/c18-14-6-8-15(9-7-14)20-16(22)10-11-17(23)21-19-12-13-4-2-1-3-5-13/h1-9,12H,10-11H2,(H,20,22)(H,21,23)/b19-12-. The maximum absolute atomic E-state index is 12.7. The minimum Gasteiger partial charge on any atom is -0.326 e. The second kappa shape index (κ2) is 8.43. The monoisotopic (exact) mass is 313 g/mol. The van der Waals surface area contributed by atoms with Gasteiger partial charge < -0.3 is 5.32 Å². The lowest BCUT2D eigenvalue weighted by molar-refractivity contribution is -0.124. The predicted molar refractivity (Wildman–Crippen MR) is 86.4 cm³/mol. The highest BCUT2D eigenvalue weighted by atomic mass is 19.1. The first-order chi connectivity index (χ1) is 11.1. The van der Waals surface area contributed by atoms with Crippen LogP contribution in [0.5, 0.6) is 0 Å². The van der Waals surface area contributed by atoms with E-state index in [-0.39, 0.29) is 30.5 Å². The van der Waals surface area contributed by atoms with Crippen molar-refractivity contribution >= 4 is 23.7 Å². The quantitative estimate of drug-likeness (QED) is 0.636. The molecular formula is C17H16FN3O2. The Morgan fingerprint density at radius 3 is 2.30 bits per heavy atom. The number of hydrogen-bond donors (Lipinski definition) is 2. The van der Waals surface area contributed by atoms with Crippen molar-refractivity contribution in [2.45, 2.75) is 12.8 Å². The molecule has 0 aliphatic carbocycles. The zero-order valence-corrected chi connectivity index (χ0v) is 12.3. The number of amides is 2. The van der Waals surface area contributed by atoms with E-state index in [1.165, 1.54) is 30.5 Å². The summed E-state index contributed by atoms with van der Waals surface area (Å²) >= 11 is 0. The summed E-state index contributed by atoms with van der Waals surface area (Å²) in [6.07, 6.45) is 1.56. The second-order valence-corrected chi connectivity index (χ2v) is 4.76. The Morgan fingerprint density at radius 1 is 0.957 bits per heavy atom. The molecular weight excluding hydrogens is 297 g/mol. The van der Waals surface area contributed by atoms with Crippen molar-refractivity contribution < 1.29 is 14.0 Å². The Balaban J connectivity index is 1.70. The van der Waals surface area contributed by atoms with Crippen LogP contribution in [0.25, 0.3) is 0 Å². The van der Waals surface area contributed by atoms with Gasteiger partial charge in [-0.2, -0.15) is 5.10 Å². The largest absolute Gasteiger partial charge is 0.326 e. The molecule has 0 heterocycles. The van der Waals surface area contributed by atoms with Crippen molar-refractivity contribution in [2.75, 3.05) is 5.32 Å². The molecule has 6 heteroatoms. The molecule has 2 amide bonds. The lowest BCUT2D eigenvalue weighted by atomic mass is 10.2. The Bertz CT molecular complexity index is 685. The fourth-order valence-corrected chi connectivity index (χ4v) is 1.76. The molecule has 0 aliphatic heterocycles. The molecule has 23 heavy (non-hydrogen) atoms. The number of hydrogen-bond acceptors (Lipinski definition) is 3. The number of carbonyl (C=O) groups excluding carboxylic acids is 2. The van der Waals surface area contributed by atoms with Crippen LogP contribution in [0.3, 0.4) is 0 Å². The van der Waals surface area contributed by atoms with Crippen LogP contribution in [0.1, 0.15) is 18.4 Å². The number of nitrogens with one attached hydrogen (secondary N) is 2. The van der Waals surface area contributed by atoms with Crippen LogP contribution < -0.4 is 10.7 Å². The lowest BCUT2D eigenvalue weighted by Gasteiger charge is -2.04. The Hall–Kier alpha value is -3.02. The van der Waals surface area contributed by atoms with E-state index in [2.05, 4.69) is 15.8 Å². The normalized spacial score (nSPS) is 10.5. The summed E-state index contributed by atoms with van der Waals surface area (Å²) in [6.45, 7) is 0. The van der Waals surface area contributed by atoms with Crippen LogP contribution in [-0.4, -0.2) is 18.0 Å². The van der Waals surface area contributed by atoms with Crippen molar-refractivity contribution in [3.8, 4) is 0 Å². The zero-order valence-electron chi connectivity index (χ0n) is 12.3. The molecule has 2 aromatic rings. The van der Waals surface area contributed by atoms with E-state index in [4.69, 9.17) is 0 Å². The zero-order chi connectivity index (χ0) is 16.5. The van der Waals surface area contributed by atoms with E-state index < -0.39 is 0 Å². The summed E-state index contributed by atoms with van der Waals surface area (Å²) in [6, 6.07) is 14.7. The van der Waals surface area contributed by atoms with Gasteiger partial charge in [-0.15, -0.1) is 0 Å². The average molecular weight is 313 g/mol. The average Bonchev–Trinajstić information content (AvgIpc) is 2.56. The van der Waals surface area contributed by atoms with E-state index in [0.717, 1.165) is 5.56 Å². The van der Waals surface area contributed by atoms with Gasteiger partial charge >= 0.3 is 0 Å². The fraction of sp³-hybridized carbons (Fsp3) is 0.118. The summed E-state index contributed by atoms with van der Waals surface area (Å²) in [7, 11) is 0. The summed E-state index contributed by atoms with van der Waals surface area (Å²) in [5, 5.41) is 6.40. The molecule has 0 atom stereocenters. The van der Waals surface area contributed by atoms with E-state index in [1.807, 2.05) is 30.3 Å². The summed E-state index contributed by atoms with van der Waals surface area (Å²) in [5.41, 5.74) is 3.71. The van der Waals surface area contributed by atoms with Gasteiger partial charge in [-0.1, -0.05) is 30.3 Å². The molecule has 0 radical (unpaired) electrons. The molecule has 2 N–H and O–H groups in total. The van der Waals surface area contributed by atoms with Gasteiger partial charge in [0, 0.05) is 18.5 Å². The SMILES string of the molecule is O=C(CCC(=O)Nc1ccc(F)cc1)N/N=C\c1ccccc1. The first kappa shape index (κ1) is 16.4. The number of benzene rings is 2. The molecule has 0 aliphatic rings. The minimum absolute atomic E-state index is 0.0131. The number of nitrogens with zero attached hydrogens (tertiary/aromatic N) is 1. The Morgan fingerprint density at radius 2 is 1.61 bits per heavy atom. The number of anilines is 1. The van der Waals surface area contributed by atoms with Crippen LogP contribution in [0.4, 0.5) is 10.1 Å². The van der Waals surface area contributed by atoms with Gasteiger partial charge in [0.25, 0.3) is 0 Å². The van der Waals surface area contributed by atoms with Crippen molar-refractivity contribution in [1.29, 1.82) is 0 Å². The van der Waals surface area contributed by atoms with Crippen molar-refractivity contribution in [3.05, 3.63) is 66.0 Å². The van der Waals surface area contributed by atoms with Crippen LogP contribution in [-0.2, 0) is 9.59 Å². The Labute approximate surface area is 133 Å². The number of halogens is 1. The van der Waals surface area contributed by atoms with E-state index in [0.29, 0.717) is 5.69 Å². The predicted octanol–water partition coefficient (Wildman–Crippen LogP) is 2.69. The summed E-state index contributed by atoms with van der Waals surface area (Å²) < 4.78 is 12.7. The molecule has 118 valence electrons. The van der Waals surface area contributed by atoms with Crippen molar-refractivity contribution in [2.24, 2.45) is 5.10 Å². The summed E-state index contributed by atoms with van der Waals surface area (Å²) in [4.78, 5) is 23.3. The molecule has 0 spiro atoms. The van der Waals surface area contributed by atoms with E-state index in [9.17, 15) is 14.0 Å². The first-order valence-electron chi connectivity index (χ1n) is 7.06. The lowest BCUT2D eigenvalue weighted by Crippen LogP contribution is -2.20. The Kier molecular flexibility index (Phi) is 5.99. The molecule has 0 bridgehead atoms. The minimum atomic E-state index is -0.376. The van der Waals surface area contributed by atoms with Gasteiger partial charge in [-0.3, -0.25) is 9.59 Å². The van der Waals surface area contributed by atoms with Gasteiger partial charge in [-0.05, 0) is 29.8 Å². The second-order valence-electron chi connectivity index (χ2n) is 4.76. The highest BCUT2D eigenvalue weighted by Gasteiger charge is 2.06. The molecule has 0 aromatic heterocycles. The highest BCUT2D eigenvalue weighted by Crippen LogP contribution is 2.08. The fourth-order valence-electron chi connectivity index (χ4n) is 1.76. The van der Waals surface area contributed by atoms with Gasteiger partial charge in [0.2, 0.25) is 11.8 Å². The third-order valence-corrected chi connectivity index (χ3v) is 2.91. The molecule has 0 unspecified atom stereocenters. The third-order valence-electron chi connectivity index (χ3n) is 2.91. The maximum atomic E-state index is 12.7. The molecule has 5 nitrogen and oxygen atoms in total. The summed E-state index contributed by atoms with van der Waals surface area (Å²) in [5.74, 6) is -1.05. The topological polar surface area (TPSA) is 70.6 Å². The number of hydrazone groups is 1. The maximum Gasteiger partial charge on any atom is 0.240 e. The first-order valence-corrected chi connectivity index (χ1v) is 7.06. The van der Waals surface area contributed by atoms with Gasteiger partial charge in [0.05, 0.1) is 6.21 Å². The van der Waals surface area contributed by atoms with Crippen molar-refractivity contribution in [3.63, 3.8) is 0 Å². The van der Waals surface area contributed by atoms with Gasteiger partial charge in [0.1, 0.15) is 5.82 Å². The molecule has 0 saturated heterocycles. The molecule has 0 fully saturated rings. The molecule has 0 saturated carbocycles. The third kappa shape index (κ3) is 6.09. The smallest absolute Gasteiger partial charge is 0.240 e. The van der Waals surface area contributed by atoms with Crippen molar-refractivity contribution in [1.82, 2.24) is 5.43 Å². The van der Waals surface area contributed by atoms with E-state index >= 15 is 0 Å². The van der Waals surface area contributed by atoms with Crippen LogP contribution in [0.2, 0.25) is 0 Å². The van der Waals surface area contributed by atoms with Crippen LogP contribution in [0, 0.1) is 5.82 Å². The van der Waals surface area contributed by atoms with Gasteiger partial charge in [0.15, 0.2) is 0 Å². The highest BCUT2D eigenvalue weighted by molar-refractivity contribution is 5.93. The van der Waals surface area contributed by atoms with Gasteiger partial charge in [-0.25, -0.2) is 9.82 Å². The molecule has 2 rings (SSSR count). The number of carbonyl (C=O) groups is 2.